The Morgan fingerprint density at radius 1 is 1.15 bits per heavy atom. The first kappa shape index (κ1) is 16.4. The van der Waals surface area contributed by atoms with Crippen molar-refractivity contribution >= 4 is 0 Å². The van der Waals surface area contributed by atoms with Crippen molar-refractivity contribution in [1.82, 2.24) is 10.6 Å². The molecule has 1 aromatic carbocycles. The molecule has 0 aliphatic carbocycles. The van der Waals surface area contributed by atoms with Crippen LogP contribution in [0.3, 0.4) is 0 Å². The molecular formula is C18H26N2. The van der Waals surface area contributed by atoms with Crippen LogP contribution in [0.5, 0.6) is 0 Å². The van der Waals surface area contributed by atoms with E-state index in [9.17, 15) is 0 Å². The van der Waals surface area contributed by atoms with Gasteiger partial charge in [-0.2, -0.15) is 0 Å². The Kier molecular flexibility index (Phi) is 8.36. The molecule has 20 heavy (non-hydrogen) atoms. The predicted molar refractivity (Wildman–Crippen MR) is 88.8 cm³/mol. The summed E-state index contributed by atoms with van der Waals surface area (Å²) in [4.78, 5) is 0. The van der Waals surface area contributed by atoms with Crippen molar-refractivity contribution in [3.05, 3.63) is 72.9 Å². The highest BCUT2D eigenvalue weighted by atomic mass is 15.0. The zero-order chi connectivity index (χ0) is 14.6. The second kappa shape index (κ2) is 10.2. The standard InChI is InChI=1S/C18H26N2/c1-4-10-16(6-3)18(17-11-8-7-9-12-17)20-15-14-19-13-5-2/h4,6-12,18-20H,1,3,5,13-15H2,2H3/b16-10+. The summed E-state index contributed by atoms with van der Waals surface area (Å²) in [5.74, 6) is 0. The summed E-state index contributed by atoms with van der Waals surface area (Å²) in [6.45, 7) is 12.8. The van der Waals surface area contributed by atoms with Crippen molar-refractivity contribution in [3.8, 4) is 0 Å². The maximum atomic E-state index is 3.91. The molecule has 0 radical (unpaired) electrons. The van der Waals surface area contributed by atoms with Crippen LogP contribution in [0.15, 0.2) is 67.3 Å². The average molecular weight is 270 g/mol. The summed E-state index contributed by atoms with van der Waals surface area (Å²) in [6.07, 6.45) is 6.88. The highest BCUT2D eigenvalue weighted by molar-refractivity contribution is 5.35. The van der Waals surface area contributed by atoms with Crippen molar-refractivity contribution in [3.63, 3.8) is 0 Å². The molecule has 0 heterocycles. The van der Waals surface area contributed by atoms with E-state index in [1.54, 1.807) is 0 Å². The van der Waals surface area contributed by atoms with Gasteiger partial charge < -0.3 is 10.6 Å². The van der Waals surface area contributed by atoms with Crippen LogP contribution in [-0.2, 0) is 0 Å². The maximum Gasteiger partial charge on any atom is 0.0576 e. The van der Waals surface area contributed by atoms with Gasteiger partial charge in [0.1, 0.15) is 0 Å². The first-order chi connectivity index (χ1) is 9.83. The number of hydrogen-bond donors (Lipinski definition) is 2. The number of nitrogens with one attached hydrogen (secondary N) is 2. The molecule has 0 saturated heterocycles. The molecule has 108 valence electrons. The largest absolute Gasteiger partial charge is 0.315 e. The van der Waals surface area contributed by atoms with E-state index in [0.717, 1.165) is 31.6 Å². The third kappa shape index (κ3) is 5.55. The van der Waals surface area contributed by atoms with Crippen LogP contribution >= 0.6 is 0 Å². The fraction of sp³-hybridized carbons (Fsp3) is 0.333. The zero-order valence-electron chi connectivity index (χ0n) is 12.4. The van der Waals surface area contributed by atoms with Crippen molar-refractivity contribution in [2.24, 2.45) is 0 Å². The molecule has 2 N–H and O–H groups in total. The third-order valence-corrected chi connectivity index (χ3v) is 3.09. The quantitative estimate of drug-likeness (QED) is 0.501. The molecule has 2 nitrogen and oxygen atoms in total. The Hall–Kier alpha value is -1.64. The first-order valence-electron chi connectivity index (χ1n) is 7.27. The van der Waals surface area contributed by atoms with Gasteiger partial charge in [-0.1, -0.05) is 68.6 Å². The van der Waals surface area contributed by atoms with E-state index in [1.807, 2.05) is 24.3 Å². The molecule has 0 aliphatic rings. The van der Waals surface area contributed by atoms with Crippen LogP contribution in [0.2, 0.25) is 0 Å². The van der Waals surface area contributed by atoms with Gasteiger partial charge in [-0.15, -0.1) is 0 Å². The molecule has 2 heteroatoms. The minimum atomic E-state index is 0.162. The second-order valence-electron chi connectivity index (χ2n) is 4.65. The van der Waals surface area contributed by atoms with E-state index in [-0.39, 0.29) is 6.04 Å². The Labute approximate surface area is 123 Å². The molecule has 0 saturated carbocycles. The van der Waals surface area contributed by atoms with E-state index in [1.165, 1.54) is 5.56 Å². The van der Waals surface area contributed by atoms with Crippen LogP contribution in [-0.4, -0.2) is 19.6 Å². The summed E-state index contributed by atoms with van der Waals surface area (Å²) in [6, 6.07) is 10.6. The van der Waals surface area contributed by atoms with Gasteiger partial charge >= 0.3 is 0 Å². The molecule has 1 rings (SSSR count). The van der Waals surface area contributed by atoms with E-state index in [4.69, 9.17) is 0 Å². The second-order valence-corrected chi connectivity index (χ2v) is 4.65. The highest BCUT2D eigenvalue weighted by Gasteiger charge is 2.12. The van der Waals surface area contributed by atoms with Gasteiger partial charge in [-0.3, -0.25) is 0 Å². The number of rotatable bonds is 10. The van der Waals surface area contributed by atoms with Crippen LogP contribution in [0.25, 0.3) is 0 Å². The third-order valence-electron chi connectivity index (χ3n) is 3.09. The van der Waals surface area contributed by atoms with Crippen molar-refractivity contribution < 1.29 is 0 Å². The lowest BCUT2D eigenvalue weighted by Crippen LogP contribution is -2.31. The highest BCUT2D eigenvalue weighted by Crippen LogP contribution is 2.22. The van der Waals surface area contributed by atoms with Gasteiger partial charge in [-0.25, -0.2) is 0 Å². The summed E-state index contributed by atoms with van der Waals surface area (Å²) >= 11 is 0. The normalized spacial score (nSPS) is 12.9. The summed E-state index contributed by atoms with van der Waals surface area (Å²) < 4.78 is 0. The summed E-state index contributed by atoms with van der Waals surface area (Å²) in [5.41, 5.74) is 2.39. The molecular weight excluding hydrogens is 244 g/mol. The van der Waals surface area contributed by atoms with Crippen LogP contribution in [0, 0.1) is 0 Å². The van der Waals surface area contributed by atoms with Gasteiger partial charge in [0.05, 0.1) is 6.04 Å². The van der Waals surface area contributed by atoms with E-state index in [0.29, 0.717) is 0 Å². The molecule has 0 fully saturated rings. The van der Waals surface area contributed by atoms with Crippen LogP contribution in [0.1, 0.15) is 24.9 Å². The van der Waals surface area contributed by atoms with E-state index >= 15 is 0 Å². The molecule has 0 spiro atoms. The lowest BCUT2D eigenvalue weighted by Gasteiger charge is -2.20. The monoisotopic (exact) mass is 270 g/mol. The Bertz CT molecular complexity index is 420. The molecule has 0 amide bonds. The lowest BCUT2D eigenvalue weighted by molar-refractivity contribution is 0.564. The van der Waals surface area contributed by atoms with Crippen molar-refractivity contribution in [2.75, 3.05) is 19.6 Å². The molecule has 1 aromatic rings. The minimum absolute atomic E-state index is 0.162. The predicted octanol–water partition coefficient (Wildman–Crippen LogP) is 3.62. The zero-order valence-corrected chi connectivity index (χ0v) is 12.4. The van der Waals surface area contributed by atoms with Gasteiger partial charge in [0.25, 0.3) is 0 Å². The molecule has 0 aromatic heterocycles. The van der Waals surface area contributed by atoms with Crippen LogP contribution < -0.4 is 10.6 Å². The summed E-state index contributed by atoms with van der Waals surface area (Å²) in [5, 5.41) is 6.98. The maximum absolute atomic E-state index is 3.91. The summed E-state index contributed by atoms with van der Waals surface area (Å²) in [7, 11) is 0. The molecule has 1 unspecified atom stereocenters. The minimum Gasteiger partial charge on any atom is -0.315 e. The van der Waals surface area contributed by atoms with Crippen molar-refractivity contribution in [2.45, 2.75) is 19.4 Å². The molecule has 1 atom stereocenters. The average Bonchev–Trinajstić information content (AvgIpc) is 2.50. The fourth-order valence-corrected chi connectivity index (χ4v) is 2.10. The Morgan fingerprint density at radius 3 is 2.50 bits per heavy atom. The van der Waals surface area contributed by atoms with E-state index < -0.39 is 0 Å². The lowest BCUT2D eigenvalue weighted by atomic mass is 9.98. The van der Waals surface area contributed by atoms with E-state index in [2.05, 4.69) is 55.0 Å². The number of hydrogen-bond acceptors (Lipinski definition) is 2. The smallest absolute Gasteiger partial charge is 0.0576 e. The van der Waals surface area contributed by atoms with Gasteiger partial charge in [0.2, 0.25) is 0 Å². The number of benzene rings is 1. The Balaban J connectivity index is 2.72. The first-order valence-corrected chi connectivity index (χ1v) is 7.27. The Morgan fingerprint density at radius 2 is 1.90 bits per heavy atom. The molecule has 0 aliphatic heterocycles. The van der Waals surface area contributed by atoms with Crippen LogP contribution in [0.4, 0.5) is 0 Å². The van der Waals surface area contributed by atoms with Crippen molar-refractivity contribution in [1.29, 1.82) is 0 Å². The number of allylic oxidation sites excluding steroid dienone is 2. The fourth-order valence-electron chi connectivity index (χ4n) is 2.10. The van der Waals surface area contributed by atoms with Gasteiger partial charge in [0.15, 0.2) is 0 Å². The topological polar surface area (TPSA) is 24.1 Å². The van der Waals surface area contributed by atoms with Gasteiger partial charge in [0, 0.05) is 13.1 Å². The SMILES string of the molecule is C=C/C=C(\C=C)C(NCCNCCC)c1ccccc1. The van der Waals surface area contributed by atoms with Gasteiger partial charge in [-0.05, 0) is 24.1 Å². The molecule has 0 bridgehead atoms.